The average molecular weight is 267 g/mol. The van der Waals surface area contributed by atoms with E-state index in [1.165, 1.54) is 26.0 Å². The van der Waals surface area contributed by atoms with E-state index in [1.54, 1.807) is 12.1 Å². The summed E-state index contributed by atoms with van der Waals surface area (Å²) in [4.78, 5) is 0. The second-order valence-electron chi connectivity index (χ2n) is 5.47. The Labute approximate surface area is 113 Å². The molecule has 1 aromatic carbocycles. The number of aliphatic hydroxyl groups is 1. The van der Waals surface area contributed by atoms with Crippen LogP contribution in [0.1, 0.15) is 37.8 Å². The van der Waals surface area contributed by atoms with E-state index in [-0.39, 0.29) is 29.6 Å². The summed E-state index contributed by atoms with van der Waals surface area (Å²) in [6.07, 6.45) is 3.22. The molecule has 1 fully saturated rings. The lowest BCUT2D eigenvalue weighted by atomic mass is 10.0. The van der Waals surface area contributed by atoms with Gasteiger partial charge in [0.15, 0.2) is 11.6 Å². The van der Waals surface area contributed by atoms with Crippen LogP contribution in [-0.4, -0.2) is 25.4 Å². The number of nitrogens with one attached hydrogen (secondary N) is 1. The highest BCUT2D eigenvalue weighted by atomic mass is 19.1. The highest BCUT2D eigenvalue weighted by Crippen LogP contribution is 2.48. The molecule has 1 aromatic rings. The molecule has 1 aliphatic rings. The number of benzene rings is 1. The molecule has 3 nitrogen and oxygen atoms in total. The first kappa shape index (κ1) is 14.3. The summed E-state index contributed by atoms with van der Waals surface area (Å²) < 4.78 is 18.3. The van der Waals surface area contributed by atoms with Crippen LogP contribution in [0, 0.1) is 11.2 Å². The number of hydrogen-bond acceptors (Lipinski definition) is 3. The third-order valence-electron chi connectivity index (χ3n) is 4.06. The predicted octanol–water partition coefficient (Wildman–Crippen LogP) is 2.65. The molecular weight excluding hydrogens is 245 g/mol. The van der Waals surface area contributed by atoms with Crippen molar-refractivity contribution in [1.82, 2.24) is 5.32 Å². The number of aliphatic hydroxyl groups excluding tert-OH is 1. The minimum Gasteiger partial charge on any atom is -0.494 e. The molecule has 0 spiro atoms. The van der Waals surface area contributed by atoms with Gasteiger partial charge in [0.2, 0.25) is 0 Å². The van der Waals surface area contributed by atoms with Gasteiger partial charge in [0.1, 0.15) is 0 Å². The average Bonchev–Trinajstić information content (AvgIpc) is 3.17. The van der Waals surface area contributed by atoms with E-state index >= 15 is 0 Å². The maximum absolute atomic E-state index is 13.3. The van der Waals surface area contributed by atoms with Crippen molar-refractivity contribution in [3.05, 3.63) is 29.6 Å². The molecule has 0 aromatic heterocycles. The first-order chi connectivity index (χ1) is 9.10. The molecule has 0 radical (unpaired) electrons. The van der Waals surface area contributed by atoms with Crippen molar-refractivity contribution >= 4 is 0 Å². The van der Waals surface area contributed by atoms with Gasteiger partial charge in [0, 0.05) is 19.2 Å². The minimum absolute atomic E-state index is 0.144. The number of halogens is 1. The number of ether oxygens (including phenoxy) is 1. The van der Waals surface area contributed by atoms with Gasteiger partial charge in [-0.15, -0.1) is 0 Å². The normalized spacial score (nSPS) is 18.1. The third kappa shape index (κ3) is 3.45. The lowest BCUT2D eigenvalue weighted by Crippen LogP contribution is -2.27. The van der Waals surface area contributed by atoms with Crippen molar-refractivity contribution in [1.29, 1.82) is 0 Å². The first-order valence-electron chi connectivity index (χ1n) is 6.78. The van der Waals surface area contributed by atoms with E-state index in [9.17, 15) is 4.39 Å². The van der Waals surface area contributed by atoms with E-state index in [2.05, 4.69) is 12.2 Å². The van der Waals surface area contributed by atoms with E-state index < -0.39 is 0 Å². The van der Waals surface area contributed by atoms with Gasteiger partial charge in [-0.2, -0.15) is 0 Å². The van der Waals surface area contributed by atoms with Gasteiger partial charge in [-0.25, -0.2) is 4.39 Å². The van der Waals surface area contributed by atoms with E-state index in [1.807, 2.05) is 0 Å². The van der Waals surface area contributed by atoms with Crippen molar-refractivity contribution in [2.75, 3.05) is 20.3 Å². The van der Waals surface area contributed by atoms with Crippen LogP contribution in [0.25, 0.3) is 0 Å². The zero-order valence-electron chi connectivity index (χ0n) is 11.6. The molecule has 0 bridgehead atoms. The maximum Gasteiger partial charge on any atom is 0.165 e. The summed E-state index contributed by atoms with van der Waals surface area (Å²) in [6, 6.07) is 5.10. The van der Waals surface area contributed by atoms with Crippen LogP contribution in [0.5, 0.6) is 5.75 Å². The van der Waals surface area contributed by atoms with Crippen LogP contribution in [0.4, 0.5) is 4.39 Å². The van der Waals surface area contributed by atoms with Crippen LogP contribution in [0.2, 0.25) is 0 Å². The second kappa shape index (κ2) is 5.88. The van der Waals surface area contributed by atoms with Crippen LogP contribution >= 0.6 is 0 Å². The molecule has 1 atom stereocenters. The SMILES string of the molecule is COc1cc(C(C)NCC2(CCO)CC2)ccc1F. The number of methoxy groups -OCH3 is 1. The summed E-state index contributed by atoms with van der Waals surface area (Å²) in [6.45, 7) is 3.20. The van der Waals surface area contributed by atoms with Gasteiger partial charge < -0.3 is 15.2 Å². The lowest BCUT2D eigenvalue weighted by molar-refractivity contribution is 0.243. The van der Waals surface area contributed by atoms with E-state index in [0.717, 1.165) is 18.5 Å². The summed E-state index contributed by atoms with van der Waals surface area (Å²) in [5.41, 5.74) is 1.30. The molecule has 2 N–H and O–H groups in total. The minimum atomic E-state index is -0.336. The lowest BCUT2D eigenvalue weighted by Gasteiger charge is -2.20. The fourth-order valence-corrected chi connectivity index (χ4v) is 2.36. The van der Waals surface area contributed by atoms with Gasteiger partial charge in [-0.1, -0.05) is 6.07 Å². The van der Waals surface area contributed by atoms with Crippen LogP contribution in [0.15, 0.2) is 18.2 Å². The molecule has 0 saturated heterocycles. The maximum atomic E-state index is 13.3. The molecule has 19 heavy (non-hydrogen) atoms. The largest absolute Gasteiger partial charge is 0.494 e. The Hall–Kier alpha value is -1.13. The Bertz CT molecular complexity index is 432. The van der Waals surface area contributed by atoms with Crippen molar-refractivity contribution in [2.45, 2.75) is 32.2 Å². The topological polar surface area (TPSA) is 41.5 Å². The molecule has 106 valence electrons. The zero-order chi connectivity index (χ0) is 13.9. The van der Waals surface area contributed by atoms with E-state index in [4.69, 9.17) is 9.84 Å². The van der Waals surface area contributed by atoms with Crippen LogP contribution in [-0.2, 0) is 0 Å². The molecule has 4 heteroatoms. The number of rotatable bonds is 7. The summed E-state index contributed by atoms with van der Waals surface area (Å²) >= 11 is 0. The highest BCUT2D eigenvalue weighted by Gasteiger charge is 2.41. The zero-order valence-corrected chi connectivity index (χ0v) is 11.6. The Morgan fingerprint density at radius 2 is 2.21 bits per heavy atom. The van der Waals surface area contributed by atoms with Gasteiger partial charge in [-0.3, -0.25) is 0 Å². The van der Waals surface area contributed by atoms with Crippen molar-refractivity contribution in [2.24, 2.45) is 5.41 Å². The highest BCUT2D eigenvalue weighted by molar-refractivity contribution is 5.31. The molecule has 2 rings (SSSR count). The second-order valence-corrected chi connectivity index (χ2v) is 5.47. The molecule has 1 saturated carbocycles. The third-order valence-corrected chi connectivity index (χ3v) is 4.06. The van der Waals surface area contributed by atoms with Crippen LogP contribution in [0.3, 0.4) is 0 Å². The predicted molar refractivity (Wildman–Crippen MR) is 72.7 cm³/mol. The molecule has 1 aliphatic carbocycles. The fraction of sp³-hybridized carbons (Fsp3) is 0.600. The van der Waals surface area contributed by atoms with Gasteiger partial charge >= 0.3 is 0 Å². The Balaban J connectivity index is 1.94. The molecular formula is C15H22FNO2. The van der Waals surface area contributed by atoms with Gasteiger partial charge in [-0.05, 0) is 49.3 Å². The van der Waals surface area contributed by atoms with Crippen LogP contribution < -0.4 is 10.1 Å². The molecule has 1 unspecified atom stereocenters. The van der Waals surface area contributed by atoms with Crippen molar-refractivity contribution < 1.29 is 14.2 Å². The monoisotopic (exact) mass is 267 g/mol. The van der Waals surface area contributed by atoms with Gasteiger partial charge in [0.05, 0.1) is 7.11 Å². The molecule has 0 amide bonds. The molecule has 0 aliphatic heterocycles. The van der Waals surface area contributed by atoms with Crippen molar-refractivity contribution in [3.8, 4) is 5.75 Å². The summed E-state index contributed by atoms with van der Waals surface area (Å²) in [5.74, 6) is -0.0555. The Kier molecular flexibility index (Phi) is 4.42. The quantitative estimate of drug-likeness (QED) is 0.798. The fourth-order valence-electron chi connectivity index (χ4n) is 2.36. The number of hydrogen-bond donors (Lipinski definition) is 2. The Morgan fingerprint density at radius 1 is 1.47 bits per heavy atom. The summed E-state index contributed by atoms with van der Waals surface area (Å²) in [5, 5.41) is 12.5. The van der Waals surface area contributed by atoms with Gasteiger partial charge in [0.25, 0.3) is 0 Å². The van der Waals surface area contributed by atoms with Crippen molar-refractivity contribution in [3.63, 3.8) is 0 Å². The van der Waals surface area contributed by atoms with E-state index in [0.29, 0.717) is 0 Å². The standard InChI is InChI=1S/C15H22FNO2/c1-11(17-10-15(5-6-15)7-8-18)12-3-4-13(16)14(9-12)19-2/h3-4,9,11,17-18H,5-8,10H2,1-2H3. The first-order valence-corrected chi connectivity index (χ1v) is 6.78. The molecule has 0 heterocycles. The Morgan fingerprint density at radius 3 is 2.79 bits per heavy atom. The smallest absolute Gasteiger partial charge is 0.165 e. The summed E-state index contributed by atoms with van der Waals surface area (Å²) in [7, 11) is 1.47.